The van der Waals surface area contributed by atoms with Crippen molar-refractivity contribution in [1.82, 2.24) is 0 Å². The van der Waals surface area contributed by atoms with E-state index in [0.29, 0.717) is 0 Å². The van der Waals surface area contributed by atoms with Crippen LogP contribution >= 0.6 is 0 Å². The van der Waals surface area contributed by atoms with Crippen molar-refractivity contribution in [2.75, 3.05) is 26.4 Å². The molecule has 0 aromatic heterocycles. The number of ether oxygens (including phenoxy) is 2. The number of rotatable bonds is 6. The Hall–Kier alpha value is -0.340. The molecule has 0 bridgehead atoms. The summed E-state index contributed by atoms with van der Waals surface area (Å²) in [5.41, 5.74) is 1.50. The van der Waals surface area contributed by atoms with E-state index in [0.717, 1.165) is 39.3 Å². The van der Waals surface area contributed by atoms with Gasteiger partial charge in [-0.05, 0) is 19.3 Å². The minimum atomic E-state index is 0.796. The summed E-state index contributed by atoms with van der Waals surface area (Å²) < 4.78 is 10.7. The summed E-state index contributed by atoms with van der Waals surface area (Å²) in [6.45, 7) is 5.67. The van der Waals surface area contributed by atoms with E-state index in [9.17, 15) is 0 Å². The normalized spacial score (nSPS) is 17.2. The Labute approximate surface area is 80.9 Å². The topological polar surface area (TPSA) is 18.5 Å². The molecule has 0 aliphatic carbocycles. The maximum absolute atomic E-state index is 5.50. The van der Waals surface area contributed by atoms with Gasteiger partial charge in [0.2, 0.25) is 0 Å². The van der Waals surface area contributed by atoms with Crippen molar-refractivity contribution in [2.24, 2.45) is 0 Å². The van der Waals surface area contributed by atoms with Gasteiger partial charge >= 0.3 is 0 Å². The third-order valence-electron chi connectivity index (χ3n) is 2.27. The third-order valence-corrected chi connectivity index (χ3v) is 2.27. The Bertz CT molecular complexity index is 152. The van der Waals surface area contributed by atoms with Crippen molar-refractivity contribution in [3.05, 3.63) is 11.6 Å². The van der Waals surface area contributed by atoms with Crippen LogP contribution in [0.15, 0.2) is 11.6 Å². The van der Waals surface area contributed by atoms with E-state index in [1.807, 2.05) is 0 Å². The lowest BCUT2D eigenvalue weighted by Crippen LogP contribution is -2.06. The zero-order chi connectivity index (χ0) is 9.36. The van der Waals surface area contributed by atoms with Crippen LogP contribution < -0.4 is 0 Å². The molecule has 1 rings (SSSR count). The minimum absolute atomic E-state index is 0.796. The van der Waals surface area contributed by atoms with Crippen molar-refractivity contribution in [3.8, 4) is 0 Å². The van der Waals surface area contributed by atoms with Gasteiger partial charge in [-0.15, -0.1) is 0 Å². The first-order valence-electron chi connectivity index (χ1n) is 5.27. The molecule has 0 atom stereocenters. The molecule has 2 nitrogen and oxygen atoms in total. The van der Waals surface area contributed by atoms with Crippen LogP contribution in [0.5, 0.6) is 0 Å². The smallest absolute Gasteiger partial charge is 0.0650 e. The molecule has 13 heavy (non-hydrogen) atoms. The molecule has 1 aliphatic heterocycles. The van der Waals surface area contributed by atoms with Crippen LogP contribution in [0.2, 0.25) is 0 Å². The average molecular weight is 184 g/mol. The highest BCUT2D eigenvalue weighted by Gasteiger charge is 2.02. The van der Waals surface area contributed by atoms with Gasteiger partial charge in [0.15, 0.2) is 0 Å². The SMILES string of the molecule is CCCCOCCC1=CCOCC1. The predicted octanol–water partition coefficient (Wildman–Crippen LogP) is 2.54. The highest BCUT2D eigenvalue weighted by Crippen LogP contribution is 2.11. The molecular weight excluding hydrogens is 164 g/mol. The van der Waals surface area contributed by atoms with Crippen LogP contribution in [0.4, 0.5) is 0 Å². The van der Waals surface area contributed by atoms with Crippen LogP contribution in [0.1, 0.15) is 32.6 Å². The van der Waals surface area contributed by atoms with E-state index in [-0.39, 0.29) is 0 Å². The van der Waals surface area contributed by atoms with Gasteiger partial charge in [0.05, 0.1) is 19.8 Å². The summed E-state index contributed by atoms with van der Waals surface area (Å²) in [4.78, 5) is 0. The van der Waals surface area contributed by atoms with Gasteiger partial charge in [0, 0.05) is 6.61 Å². The molecule has 0 aromatic carbocycles. The van der Waals surface area contributed by atoms with Crippen LogP contribution in [-0.2, 0) is 9.47 Å². The fraction of sp³-hybridized carbons (Fsp3) is 0.818. The van der Waals surface area contributed by atoms with Crippen molar-refractivity contribution in [1.29, 1.82) is 0 Å². The Kier molecular flexibility index (Phi) is 5.87. The molecule has 0 radical (unpaired) electrons. The van der Waals surface area contributed by atoms with E-state index in [1.165, 1.54) is 18.4 Å². The van der Waals surface area contributed by atoms with E-state index in [4.69, 9.17) is 9.47 Å². The summed E-state index contributed by atoms with van der Waals surface area (Å²) in [5.74, 6) is 0. The van der Waals surface area contributed by atoms with E-state index >= 15 is 0 Å². The Morgan fingerprint density at radius 3 is 3.08 bits per heavy atom. The largest absolute Gasteiger partial charge is 0.381 e. The zero-order valence-corrected chi connectivity index (χ0v) is 8.55. The maximum Gasteiger partial charge on any atom is 0.0650 e. The van der Waals surface area contributed by atoms with Crippen molar-refractivity contribution in [2.45, 2.75) is 32.6 Å². The monoisotopic (exact) mass is 184 g/mol. The summed E-state index contributed by atoms with van der Waals surface area (Å²) in [6, 6.07) is 0. The average Bonchev–Trinajstić information content (AvgIpc) is 2.19. The van der Waals surface area contributed by atoms with Crippen molar-refractivity contribution < 1.29 is 9.47 Å². The number of unbranched alkanes of at least 4 members (excludes halogenated alkanes) is 1. The number of hydrogen-bond donors (Lipinski definition) is 0. The number of hydrogen-bond acceptors (Lipinski definition) is 2. The van der Waals surface area contributed by atoms with Crippen LogP contribution in [0.3, 0.4) is 0 Å². The predicted molar refractivity (Wildman–Crippen MR) is 53.9 cm³/mol. The standard InChI is InChI=1S/C11H20O2/c1-2-3-7-12-8-4-11-5-9-13-10-6-11/h5H,2-4,6-10H2,1H3. The highest BCUT2D eigenvalue weighted by molar-refractivity contribution is 5.04. The molecule has 0 N–H and O–H groups in total. The second-order valence-electron chi connectivity index (χ2n) is 3.40. The minimum Gasteiger partial charge on any atom is -0.381 e. The lowest BCUT2D eigenvalue weighted by molar-refractivity contribution is 0.125. The van der Waals surface area contributed by atoms with Crippen LogP contribution in [0, 0.1) is 0 Å². The summed E-state index contributed by atoms with van der Waals surface area (Å²) in [6.07, 6.45) is 6.77. The lowest BCUT2D eigenvalue weighted by Gasteiger charge is -2.13. The van der Waals surface area contributed by atoms with Crippen LogP contribution in [0.25, 0.3) is 0 Å². The molecule has 2 heteroatoms. The molecular formula is C11H20O2. The lowest BCUT2D eigenvalue weighted by atomic mass is 10.1. The molecule has 0 amide bonds. The van der Waals surface area contributed by atoms with E-state index in [2.05, 4.69) is 13.0 Å². The van der Waals surface area contributed by atoms with Gasteiger partial charge in [-0.25, -0.2) is 0 Å². The van der Waals surface area contributed by atoms with E-state index < -0.39 is 0 Å². The molecule has 0 saturated heterocycles. The van der Waals surface area contributed by atoms with Gasteiger partial charge in [-0.2, -0.15) is 0 Å². The second-order valence-corrected chi connectivity index (χ2v) is 3.40. The van der Waals surface area contributed by atoms with Crippen molar-refractivity contribution in [3.63, 3.8) is 0 Å². The Morgan fingerprint density at radius 1 is 1.46 bits per heavy atom. The third kappa shape index (κ3) is 5.06. The maximum atomic E-state index is 5.50. The zero-order valence-electron chi connectivity index (χ0n) is 8.55. The Balaban J connectivity index is 1.95. The molecule has 1 aliphatic rings. The van der Waals surface area contributed by atoms with Gasteiger partial charge in [-0.3, -0.25) is 0 Å². The summed E-state index contributed by atoms with van der Waals surface area (Å²) >= 11 is 0. The molecule has 0 aromatic rings. The molecule has 0 unspecified atom stereocenters. The molecule has 1 heterocycles. The first-order valence-corrected chi connectivity index (χ1v) is 5.27. The quantitative estimate of drug-likeness (QED) is 0.466. The van der Waals surface area contributed by atoms with Gasteiger partial charge in [0.25, 0.3) is 0 Å². The van der Waals surface area contributed by atoms with Crippen LogP contribution in [-0.4, -0.2) is 26.4 Å². The summed E-state index contributed by atoms with van der Waals surface area (Å²) in [5, 5.41) is 0. The summed E-state index contributed by atoms with van der Waals surface area (Å²) in [7, 11) is 0. The molecule has 0 spiro atoms. The van der Waals surface area contributed by atoms with Crippen molar-refractivity contribution >= 4 is 0 Å². The van der Waals surface area contributed by atoms with Gasteiger partial charge < -0.3 is 9.47 Å². The molecule has 76 valence electrons. The fourth-order valence-electron chi connectivity index (χ4n) is 1.34. The molecule has 0 saturated carbocycles. The first-order chi connectivity index (χ1) is 6.43. The Morgan fingerprint density at radius 2 is 2.38 bits per heavy atom. The van der Waals surface area contributed by atoms with E-state index in [1.54, 1.807) is 0 Å². The fourth-order valence-corrected chi connectivity index (χ4v) is 1.34. The second kappa shape index (κ2) is 7.10. The van der Waals surface area contributed by atoms with Gasteiger partial charge in [-0.1, -0.05) is 25.0 Å². The highest BCUT2D eigenvalue weighted by atomic mass is 16.5. The first kappa shape index (κ1) is 10.7. The molecule has 0 fully saturated rings. The van der Waals surface area contributed by atoms with Gasteiger partial charge in [0.1, 0.15) is 0 Å².